The highest BCUT2D eigenvalue weighted by Crippen LogP contribution is 2.14. The van der Waals surface area contributed by atoms with Crippen LogP contribution in [0, 0.1) is 6.92 Å². The number of thioether (sulfide) groups is 1. The minimum Gasteiger partial charge on any atom is -0.399 e. The van der Waals surface area contributed by atoms with Crippen molar-refractivity contribution in [2.45, 2.75) is 6.92 Å². The number of hydrogen-bond donors (Lipinski definition) is 1. The van der Waals surface area contributed by atoms with E-state index in [4.69, 9.17) is 5.73 Å². The van der Waals surface area contributed by atoms with Gasteiger partial charge in [0.2, 0.25) is 0 Å². The van der Waals surface area contributed by atoms with Gasteiger partial charge in [-0.15, -0.1) is 0 Å². The van der Waals surface area contributed by atoms with Gasteiger partial charge < -0.3 is 10.6 Å². The Morgan fingerprint density at radius 1 is 1.50 bits per heavy atom. The van der Waals surface area contributed by atoms with Crippen LogP contribution < -0.4 is 5.73 Å². The zero-order chi connectivity index (χ0) is 12.1. The van der Waals surface area contributed by atoms with E-state index in [9.17, 15) is 4.79 Å². The fourth-order valence-corrected chi connectivity index (χ4v) is 1.92. The first-order chi connectivity index (χ1) is 7.56. The van der Waals surface area contributed by atoms with Crippen molar-refractivity contribution in [3.63, 3.8) is 0 Å². The van der Waals surface area contributed by atoms with Gasteiger partial charge in [0.25, 0.3) is 5.91 Å². The summed E-state index contributed by atoms with van der Waals surface area (Å²) in [4.78, 5) is 13.8. The second kappa shape index (κ2) is 5.80. The predicted octanol–water partition coefficient (Wildman–Crippen LogP) is 2.01. The standard InChI is InChI=1S/C12H18N2OS/c1-9-8-10(13)4-5-11(9)12(15)14(2)6-7-16-3/h4-5,8H,6-7,13H2,1-3H3. The summed E-state index contributed by atoms with van der Waals surface area (Å²) in [5, 5.41) is 0. The zero-order valence-electron chi connectivity index (χ0n) is 9.99. The molecule has 1 aromatic rings. The molecule has 0 spiro atoms. The van der Waals surface area contributed by atoms with Crippen LogP contribution in [0.4, 0.5) is 5.69 Å². The van der Waals surface area contributed by atoms with Gasteiger partial charge in [-0.25, -0.2) is 0 Å². The van der Waals surface area contributed by atoms with Crippen LogP contribution in [0.5, 0.6) is 0 Å². The average Bonchev–Trinajstić information content (AvgIpc) is 2.25. The molecule has 0 radical (unpaired) electrons. The van der Waals surface area contributed by atoms with Gasteiger partial charge >= 0.3 is 0 Å². The lowest BCUT2D eigenvalue weighted by molar-refractivity contribution is 0.0803. The quantitative estimate of drug-likeness (QED) is 0.816. The lowest BCUT2D eigenvalue weighted by atomic mass is 10.1. The minimum atomic E-state index is 0.0616. The first-order valence-electron chi connectivity index (χ1n) is 5.16. The minimum absolute atomic E-state index is 0.0616. The Balaban J connectivity index is 2.79. The summed E-state index contributed by atoms with van der Waals surface area (Å²) in [6, 6.07) is 5.39. The molecule has 0 aliphatic carbocycles. The Morgan fingerprint density at radius 3 is 2.75 bits per heavy atom. The molecule has 0 fully saturated rings. The number of anilines is 1. The lowest BCUT2D eigenvalue weighted by Gasteiger charge is -2.17. The molecule has 2 N–H and O–H groups in total. The fraction of sp³-hybridized carbons (Fsp3) is 0.417. The first-order valence-corrected chi connectivity index (χ1v) is 6.56. The molecule has 1 amide bonds. The molecule has 1 aromatic carbocycles. The Labute approximate surface area is 101 Å². The maximum atomic E-state index is 12.1. The van der Waals surface area contributed by atoms with Crippen LogP contribution in [-0.4, -0.2) is 36.4 Å². The number of carbonyl (C=O) groups excluding carboxylic acids is 1. The topological polar surface area (TPSA) is 46.3 Å². The van der Waals surface area contributed by atoms with Crippen LogP contribution in [0.1, 0.15) is 15.9 Å². The van der Waals surface area contributed by atoms with E-state index in [1.807, 2.05) is 26.3 Å². The molecule has 0 aliphatic rings. The number of rotatable bonds is 4. The van der Waals surface area contributed by atoms with Gasteiger partial charge in [0.15, 0.2) is 0 Å². The summed E-state index contributed by atoms with van der Waals surface area (Å²) in [6.07, 6.45) is 2.03. The van der Waals surface area contributed by atoms with E-state index in [0.717, 1.165) is 23.4 Å². The van der Waals surface area contributed by atoms with Gasteiger partial charge in [-0.2, -0.15) is 11.8 Å². The van der Waals surface area contributed by atoms with Crippen molar-refractivity contribution in [3.05, 3.63) is 29.3 Å². The Morgan fingerprint density at radius 2 is 2.19 bits per heavy atom. The summed E-state index contributed by atoms with van der Waals surface area (Å²) in [5.74, 6) is 1.02. The van der Waals surface area contributed by atoms with Crippen molar-refractivity contribution in [3.8, 4) is 0 Å². The molecule has 0 atom stereocenters. The summed E-state index contributed by atoms with van der Waals surface area (Å²) in [6.45, 7) is 2.68. The number of carbonyl (C=O) groups is 1. The molecule has 0 saturated carbocycles. The molecule has 0 bridgehead atoms. The number of nitrogens with two attached hydrogens (primary N) is 1. The summed E-state index contributed by atoms with van der Waals surface area (Å²) in [5.41, 5.74) is 8.02. The van der Waals surface area contributed by atoms with E-state index in [2.05, 4.69) is 0 Å². The normalized spacial score (nSPS) is 10.2. The summed E-state index contributed by atoms with van der Waals surface area (Å²) < 4.78 is 0. The van der Waals surface area contributed by atoms with Gasteiger partial charge in [0.05, 0.1) is 0 Å². The molecular weight excluding hydrogens is 220 g/mol. The molecule has 3 nitrogen and oxygen atoms in total. The van der Waals surface area contributed by atoms with Crippen molar-refractivity contribution < 1.29 is 4.79 Å². The maximum absolute atomic E-state index is 12.1. The molecule has 0 unspecified atom stereocenters. The third-order valence-electron chi connectivity index (χ3n) is 2.46. The molecule has 0 aromatic heterocycles. The van der Waals surface area contributed by atoms with Gasteiger partial charge in [-0.05, 0) is 36.9 Å². The van der Waals surface area contributed by atoms with Crippen LogP contribution in [0.2, 0.25) is 0 Å². The number of hydrogen-bond acceptors (Lipinski definition) is 3. The largest absolute Gasteiger partial charge is 0.399 e. The highest BCUT2D eigenvalue weighted by molar-refractivity contribution is 7.98. The molecule has 0 heterocycles. The van der Waals surface area contributed by atoms with Crippen LogP contribution in [0.15, 0.2) is 18.2 Å². The molecule has 0 saturated heterocycles. The summed E-state index contributed by atoms with van der Waals surface area (Å²) in [7, 11) is 1.83. The van der Waals surface area contributed by atoms with Gasteiger partial charge in [0, 0.05) is 30.6 Å². The smallest absolute Gasteiger partial charge is 0.253 e. The molecule has 16 heavy (non-hydrogen) atoms. The van der Waals surface area contributed by atoms with E-state index in [0.29, 0.717) is 5.69 Å². The van der Waals surface area contributed by atoms with Crippen molar-refractivity contribution in [2.24, 2.45) is 0 Å². The second-order valence-electron chi connectivity index (χ2n) is 3.79. The van der Waals surface area contributed by atoms with Crippen molar-refractivity contribution in [1.82, 2.24) is 4.90 Å². The molecule has 1 rings (SSSR count). The number of amides is 1. The highest BCUT2D eigenvalue weighted by Gasteiger charge is 2.13. The van der Waals surface area contributed by atoms with Crippen molar-refractivity contribution in [1.29, 1.82) is 0 Å². The Hall–Kier alpha value is -1.16. The van der Waals surface area contributed by atoms with E-state index in [1.165, 1.54) is 0 Å². The number of nitrogens with zero attached hydrogens (tertiary/aromatic N) is 1. The van der Waals surface area contributed by atoms with Crippen LogP contribution in [0.3, 0.4) is 0 Å². The SMILES string of the molecule is CSCCN(C)C(=O)c1ccc(N)cc1C. The van der Waals surface area contributed by atoms with Crippen molar-refractivity contribution in [2.75, 3.05) is 31.3 Å². The molecule has 0 aliphatic heterocycles. The highest BCUT2D eigenvalue weighted by atomic mass is 32.2. The third kappa shape index (κ3) is 3.17. The molecular formula is C12H18N2OS. The van der Waals surface area contributed by atoms with Gasteiger partial charge in [0.1, 0.15) is 0 Å². The number of benzene rings is 1. The van der Waals surface area contributed by atoms with Gasteiger partial charge in [-0.3, -0.25) is 4.79 Å². The number of nitrogen functional groups attached to an aromatic ring is 1. The lowest BCUT2D eigenvalue weighted by Crippen LogP contribution is -2.29. The summed E-state index contributed by atoms with van der Waals surface area (Å²) >= 11 is 1.74. The van der Waals surface area contributed by atoms with E-state index < -0.39 is 0 Å². The maximum Gasteiger partial charge on any atom is 0.253 e. The Kier molecular flexibility index (Phi) is 4.68. The predicted molar refractivity (Wildman–Crippen MR) is 70.9 cm³/mol. The van der Waals surface area contributed by atoms with E-state index in [1.54, 1.807) is 28.8 Å². The fourth-order valence-electron chi connectivity index (χ4n) is 1.46. The zero-order valence-corrected chi connectivity index (χ0v) is 10.8. The van der Waals surface area contributed by atoms with Crippen LogP contribution >= 0.6 is 11.8 Å². The average molecular weight is 238 g/mol. The molecule has 4 heteroatoms. The first kappa shape index (κ1) is 12.9. The monoisotopic (exact) mass is 238 g/mol. The van der Waals surface area contributed by atoms with Crippen LogP contribution in [-0.2, 0) is 0 Å². The Bertz CT molecular complexity index is 379. The van der Waals surface area contributed by atoms with E-state index in [-0.39, 0.29) is 5.91 Å². The van der Waals surface area contributed by atoms with Crippen LogP contribution in [0.25, 0.3) is 0 Å². The van der Waals surface area contributed by atoms with Crippen molar-refractivity contribution >= 4 is 23.4 Å². The van der Waals surface area contributed by atoms with Gasteiger partial charge in [-0.1, -0.05) is 0 Å². The second-order valence-corrected chi connectivity index (χ2v) is 4.78. The third-order valence-corrected chi connectivity index (χ3v) is 3.05. The van der Waals surface area contributed by atoms with E-state index >= 15 is 0 Å². The molecule has 88 valence electrons. The number of aryl methyl sites for hydroxylation is 1.